The molecule has 2 aromatic carbocycles. The second-order valence-electron chi connectivity index (χ2n) is 7.70. The van der Waals surface area contributed by atoms with E-state index in [0.717, 1.165) is 31.4 Å². The Morgan fingerprint density at radius 2 is 1.68 bits per heavy atom. The summed E-state index contributed by atoms with van der Waals surface area (Å²) in [6, 6.07) is 9.48. The number of carbonyl (C=O) groups excluding carboxylic acids is 1. The predicted molar refractivity (Wildman–Crippen MR) is 113 cm³/mol. The van der Waals surface area contributed by atoms with E-state index in [1.165, 1.54) is 16.4 Å². The first-order valence-electron chi connectivity index (χ1n) is 10.4. The fourth-order valence-corrected chi connectivity index (χ4v) is 5.63. The minimum atomic E-state index is -3.96. The fraction of sp³-hybridized carbons (Fsp3) is 0.409. The number of anilines is 1. The number of nitrogens with one attached hydrogen (secondary N) is 1. The van der Waals surface area contributed by atoms with Crippen molar-refractivity contribution in [3.63, 3.8) is 0 Å². The van der Waals surface area contributed by atoms with Gasteiger partial charge in [0.25, 0.3) is 0 Å². The first-order chi connectivity index (χ1) is 14.9. The molecule has 0 bridgehead atoms. The van der Waals surface area contributed by atoms with E-state index in [1.54, 1.807) is 18.2 Å². The van der Waals surface area contributed by atoms with Crippen molar-refractivity contribution >= 4 is 21.6 Å². The summed E-state index contributed by atoms with van der Waals surface area (Å²) in [5.41, 5.74) is 0.497. The zero-order chi connectivity index (χ0) is 21.8. The van der Waals surface area contributed by atoms with Crippen molar-refractivity contribution in [1.82, 2.24) is 4.31 Å². The molecule has 1 saturated carbocycles. The molecule has 2 aliphatic rings. The first kappa shape index (κ1) is 21.6. The predicted octanol–water partition coefficient (Wildman–Crippen LogP) is 3.56. The number of fused-ring (bicyclic) bond motifs is 1. The van der Waals surface area contributed by atoms with Gasteiger partial charge < -0.3 is 14.8 Å². The Balaban J connectivity index is 1.54. The van der Waals surface area contributed by atoms with Crippen LogP contribution in [0.15, 0.2) is 47.4 Å². The average molecular weight is 449 g/mol. The summed E-state index contributed by atoms with van der Waals surface area (Å²) in [6.07, 6.45) is 4.24. The maximum absolute atomic E-state index is 13.3. The van der Waals surface area contributed by atoms with Gasteiger partial charge in [0.1, 0.15) is 19.0 Å². The van der Waals surface area contributed by atoms with Crippen LogP contribution in [0.5, 0.6) is 11.5 Å². The van der Waals surface area contributed by atoms with Crippen LogP contribution >= 0.6 is 0 Å². The van der Waals surface area contributed by atoms with Crippen LogP contribution in [0.1, 0.15) is 32.1 Å². The van der Waals surface area contributed by atoms with E-state index in [-0.39, 0.29) is 17.5 Å². The molecule has 7 nitrogen and oxygen atoms in total. The second-order valence-corrected chi connectivity index (χ2v) is 9.59. The summed E-state index contributed by atoms with van der Waals surface area (Å²) in [5.74, 6) is 0.173. The first-order valence-corrected chi connectivity index (χ1v) is 11.8. The van der Waals surface area contributed by atoms with E-state index >= 15 is 0 Å². The van der Waals surface area contributed by atoms with Crippen molar-refractivity contribution in [2.45, 2.75) is 43.0 Å². The summed E-state index contributed by atoms with van der Waals surface area (Å²) in [5, 5.41) is 2.75. The van der Waals surface area contributed by atoms with E-state index in [0.29, 0.717) is 43.2 Å². The van der Waals surface area contributed by atoms with Crippen LogP contribution in [0.2, 0.25) is 0 Å². The topological polar surface area (TPSA) is 84.9 Å². The van der Waals surface area contributed by atoms with Gasteiger partial charge in [-0.25, -0.2) is 12.8 Å². The van der Waals surface area contributed by atoms with Gasteiger partial charge in [0, 0.05) is 17.8 Å². The highest BCUT2D eigenvalue weighted by molar-refractivity contribution is 7.89. The summed E-state index contributed by atoms with van der Waals surface area (Å²) in [4.78, 5) is 12.8. The molecular formula is C22H25FN2O5S. The number of benzene rings is 2. The molecule has 4 rings (SSSR count). The van der Waals surface area contributed by atoms with Gasteiger partial charge in [-0.2, -0.15) is 4.31 Å². The highest BCUT2D eigenvalue weighted by Gasteiger charge is 2.34. The van der Waals surface area contributed by atoms with Crippen LogP contribution in [-0.4, -0.2) is 44.4 Å². The monoisotopic (exact) mass is 448 g/mol. The molecule has 2 aromatic rings. The Hall–Kier alpha value is -2.65. The third kappa shape index (κ3) is 4.99. The molecule has 1 amide bonds. The number of ether oxygens (including phenoxy) is 2. The SMILES string of the molecule is O=C(CN(C1CCCCC1)S(=O)(=O)c1ccc(F)cc1)Nc1ccc2c(c1)OCCO2. The van der Waals surface area contributed by atoms with Crippen molar-refractivity contribution in [1.29, 1.82) is 0 Å². The molecule has 0 saturated heterocycles. The van der Waals surface area contributed by atoms with Gasteiger partial charge in [-0.05, 0) is 49.2 Å². The van der Waals surface area contributed by atoms with Crippen molar-refractivity contribution < 1.29 is 27.1 Å². The Morgan fingerprint density at radius 3 is 2.39 bits per heavy atom. The van der Waals surface area contributed by atoms with Crippen molar-refractivity contribution in [2.75, 3.05) is 25.1 Å². The van der Waals surface area contributed by atoms with Crippen LogP contribution in [0.3, 0.4) is 0 Å². The van der Waals surface area contributed by atoms with Gasteiger partial charge in [0.05, 0.1) is 11.4 Å². The van der Waals surface area contributed by atoms with Gasteiger partial charge in [-0.1, -0.05) is 19.3 Å². The molecule has 1 aliphatic heterocycles. The Bertz CT molecular complexity index is 1040. The molecule has 9 heteroatoms. The summed E-state index contributed by atoms with van der Waals surface area (Å²) in [6.45, 7) is 0.574. The van der Waals surface area contributed by atoms with E-state index in [2.05, 4.69) is 5.32 Å². The van der Waals surface area contributed by atoms with Gasteiger partial charge >= 0.3 is 0 Å². The van der Waals surface area contributed by atoms with Gasteiger partial charge in [0.15, 0.2) is 11.5 Å². The zero-order valence-corrected chi connectivity index (χ0v) is 17.9. The zero-order valence-electron chi connectivity index (χ0n) is 17.1. The molecule has 31 heavy (non-hydrogen) atoms. The number of rotatable bonds is 6. The fourth-order valence-electron chi connectivity index (χ4n) is 3.98. The number of hydrogen-bond acceptors (Lipinski definition) is 5. The molecule has 0 radical (unpaired) electrons. The van der Waals surface area contributed by atoms with E-state index in [1.807, 2.05) is 0 Å². The number of sulfonamides is 1. The Kier molecular flexibility index (Phi) is 6.43. The van der Waals surface area contributed by atoms with Crippen LogP contribution in [0.25, 0.3) is 0 Å². The van der Waals surface area contributed by atoms with Crippen molar-refractivity contribution in [2.24, 2.45) is 0 Å². The van der Waals surface area contributed by atoms with Gasteiger partial charge in [0.2, 0.25) is 15.9 Å². The van der Waals surface area contributed by atoms with Crippen LogP contribution < -0.4 is 14.8 Å². The maximum atomic E-state index is 13.3. The van der Waals surface area contributed by atoms with Crippen molar-refractivity contribution in [3.8, 4) is 11.5 Å². The molecule has 0 spiro atoms. The molecule has 0 unspecified atom stereocenters. The van der Waals surface area contributed by atoms with Crippen LogP contribution in [0, 0.1) is 5.82 Å². The smallest absolute Gasteiger partial charge is 0.243 e. The molecular weight excluding hydrogens is 423 g/mol. The summed E-state index contributed by atoms with van der Waals surface area (Å²) >= 11 is 0. The quantitative estimate of drug-likeness (QED) is 0.731. The van der Waals surface area contributed by atoms with Crippen molar-refractivity contribution in [3.05, 3.63) is 48.3 Å². The standard InChI is InChI=1S/C22H25FN2O5S/c23-16-6-9-19(10-7-16)31(27,28)25(18-4-2-1-3-5-18)15-22(26)24-17-8-11-20-21(14-17)30-13-12-29-20/h6-11,14,18H,1-5,12-13,15H2,(H,24,26). The highest BCUT2D eigenvalue weighted by atomic mass is 32.2. The minimum absolute atomic E-state index is 0.0217. The lowest BCUT2D eigenvalue weighted by Gasteiger charge is -2.33. The number of amides is 1. The lowest BCUT2D eigenvalue weighted by Crippen LogP contribution is -2.45. The molecule has 0 aromatic heterocycles. The number of halogens is 1. The normalized spacial score (nSPS) is 16.8. The van der Waals surface area contributed by atoms with Gasteiger partial charge in [-0.15, -0.1) is 0 Å². The number of carbonyl (C=O) groups is 1. The molecule has 1 heterocycles. The lowest BCUT2D eigenvalue weighted by atomic mass is 9.95. The van der Waals surface area contributed by atoms with E-state index in [9.17, 15) is 17.6 Å². The third-order valence-corrected chi connectivity index (χ3v) is 7.44. The molecule has 0 atom stereocenters. The number of hydrogen-bond donors (Lipinski definition) is 1. The molecule has 1 N–H and O–H groups in total. The molecule has 1 fully saturated rings. The van der Waals surface area contributed by atoms with Gasteiger partial charge in [-0.3, -0.25) is 4.79 Å². The Morgan fingerprint density at radius 1 is 1.00 bits per heavy atom. The van der Waals surface area contributed by atoms with Crippen LogP contribution in [0.4, 0.5) is 10.1 Å². The third-order valence-electron chi connectivity index (χ3n) is 5.53. The molecule has 166 valence electrons. The lowest BCUT2D eigenvalue weighted by molar-refractivity contribution is -0.116. The van der Waals surface area contributed by atoms with E-state index in [4.69, 9.17) is 9.47 Å². The summed E-state index contributed by atoms with van der Waals surface area (Å²) < 4.78 is 52.2. The average Bonchev–Trinajstić information content (AvgIpc) is 2.78. The minimum Gasteiger partial charge on any atom is -0.486 e. The van der Waals surface area contributed by atoms with E-state index < -0.39 is 21.7 Å². The second kappa shape index (κ2) is 9.23. The highest BCUT2D eigenvalue weighted by Crippen LogP contribution is 2.33. The largest absolute Gasteiger partial charge is 0.486 e. The molecule has 1 aliphatic carbocycles. The number of nitrogens with zero attached hydrogens (tertiary/aromatic N) is 1. The maximum Gasteiger partial charge on any atom is 0.243 e. The Labute approximate surface area is 181 Å². The van der Waals surface area contributed by atoms with Crippen LogP contribution in [-0.2, 0) is 14.8 Å². The summed E-state index contributed by atoms with van der Waals surface area (Å²) in [7, 11) is -3.96.